The third-order valence-corrected chi connectivity index (χ3v) is 8.26. The number of rotatable bonds is 3. The number of fused-ring (bicyclic) bond motifs is 1. The predicted molar refractivity (Wildman–Crippen MR) is 97.9 cm³/mol. The van der Waals surface area contributed by atoms with Gasteiger partial charge in [-0.15, -0.1) is 0 Å². The van der Waals surface area contributed by atoms with Crippen LogP contribution in [0.2, 0.25) is 0 Å². The lowest BCUT2D eigenvalue weighted by atomic mass is 9.70. The van der Waals surface area contributed by atoms with E-state index in [-0.39, 0.29) is 12.0 Å². The Bertz CT molecular complexity index is 675. The summed E-state index contributed by atoms with van der Waals surface area (Å²) in [5.74, 6) is 3.47. The minimum Gasteiger partial charge on any atom is -0.368 e. The minimum atomic E-state index is -0.675. The fourth-order valence-corrected chi connectivity index (χ4v) is 6.75. The molecule has 4 aliphatic rings. The summed E-state index contributed by atoms with van der Waals surface area (Å²) in [6.45, 7) is 2.96. The molecule has 5 rings (SSSR count). The van der Waals surface area contributed by atoms with Gasteiger partial charge in [-0.25, -0.2) is 8.78 Å². The van der Waals surface area contributed by atoms with Crippen molar-refractivity contribution in [1.29, 1.82) is 0 Å². The van der Waals surface area contributed by atoms with Crippen LogP contribution in [0.4, 0.5) is 8.78 Å². The Labute approximate surface area is 155 Å². The van der Waals surface area contributed by atoms with Crippen molar-refractivity contribution in [2.75, 3.05) is 6.61 Å². The van der Waals surface area contributed by atoms with Gasteiger partial charge in [0, 0.05) is 5.56 Å². The summed E-state index contributed by atoms with van der Waals surface area (Å²) >= 11 is 0. The molecule has 0 bridgehead atoms. The first-order valence-corrected chi connectivity index (χ1v) is 10.7. The van der Waals surface area contributed by atoms with Crippen LogP contribution in [0.3, 0.4) is 0 Å². The number of epoxide rings is 1. The van der Waals surface area contributed by atoms with Crippen LogP contribution in [0.5, 0.6) is 0 Å². The maximum atomic E-state index is 14.6. The van der Waals surface area contributed by atoms with Gasteiger partial charge in [-0.3, -0.25) is 0 Å². The Kier molecular flexibility index (Phi) is 4.34. The summed E-state index contributed by atoms with van der Waals surface area (Å²) < 4.78 is 34.1. The van der Waals surface area contributed by atoms with E-state index < -0.39 is 11.6 Å². The van der Waals surface area contributed by atoms with Gasteiger partial charge < -0.3 is 4.74 Å². The SMILES string of the molecule is CC1CCC2C1CCC2C1CCC(c2ccc(C3CO3)c(F)c2F)CC1. The first kappa shape index (κ1) is 17.2. The highest BCUT2D eigenvalue weighted by Crippen LogP contribution is 2.55. The normalized spacial score (nSPS) is 42.0. The molecule has 5 atom stereocenters. The largest absolute Gasteiger partial charge is 0.368 e. The van der Waals surface area contributed by atoms with Crippen molar-refractivity contribution in [3.63, 3.8) is 0 Å². The number of hydrogen-bond acceptors (Lipinski definition) is 1. The van der Waals surface area contributed by atoms with Crippen LogP contribution in [0.15, 0.2) is 12.1 Å². The van der Waals surface area contributed by atoms with Crippen LogP contribution in [-0.2, 0) is 4.74 Å². The topological polar surface area (TPSA) is 12.5 Å². The molecule has 1 nitrogen and oxygen atoms in total. The molecule has 1 aromatic carbocycles. The second kappa shape index (κ2) is 6.58. The van der Waals surface area contributed by atoms with E-state index in [0.29, 0.717) is 17.7 Å². The first-order chi connectivity index (χ1) is 12.6. The molecule has 1 aliphatic heterocycles. The molecule has 1 heterocycles. The molecule has 142 valence electrons. The Hall–Kier alpha value is -0.960. The third-order valence-electron chi connectivity index (χ3n) is 8.26. The summed E-state index contributed by atoms with van der Waals surface area (Å²) in [5, 5.41) is 0. The van der Waals surface area contributed by atoms with E-state index in [9.17, 15) is 8.78 Å². The van der Waals surface area contributed by atoms with E-state index in [1.54, 1.807) is 6.07 Å². The molecule has 4 fully saturated rings. The quantitative estimate of drug-likeness (QED) is 0.570. The molecule has 3 saturated carbocycles. The molecule has 0 amide bonds. The Morgan fingerprint density at radius 2 is 1.38 bits per heavy atom. The second-order valence-corrected chi connectivity index (χ2v) is 9.43. The van der Waals surface area contributed by atoms with Crippen molar-refractivity contribution in [1.82, 2.24) is 0 Å². The zero-order chi connectivity index (χ0) is 17.8. The average molecular weight is 360 g/mol. The molecule has 0 aromatic heterocycles. The van der Waals surface area contributed by atoms with E-state index in [1.165, 1.54) is 38.5 Å². The number of hydrogen-bond donors (Lipinski definition) is 0. The lowest BCUT2D eigenvalue weighted by Gasteiger charge is -2.35. The summed E-state index contributed by atoms with van der Waals surface area (Å²) in [5.41, 5.74) is 0.997. The molecule has 3 heteroatoms. The van der Waals surface area contributed by atoms with Crippen LogP contribution >= 0.6 is 0 Å². The van der Waals surface area contributed by atoms with Gasteiger partial charge in [-0.2, -0.15) is 0 Å². The molecular weight excluding hydrogens is 330 g/mol. The van der Waals surface area contributed by atoms with Crippen molar-refractivity contribution < 1.29 is 13.5 Å². The number of ether oxygens (including phenoxy) is 1. The molecule has 26 heavy (non-hydrogen) atoms. The van der Waals surface area contributed by atoms with Gasteiger partial charge in [0.15, 0.2) is 11.6 Å². The summed E-state index contributed by atoms with van der Waals surface area (Å²) in [7, 11) is 0. The maximum absolute atomic E-state index is 14.6. The van der Waals surface area contributed by atoms with E-state index in [0.717, 1.165) is 42.4 Å². The van der Waals surface area contributed by atoms with E-state index in [1.807, 2.05) is 6.07 Å². The van der Waals surface area contributed by atoms with Gasteiger partial charge in [0.2, 0.25) is 0 Å². The van der Waals surface area contributed by atoms with Gasteiger partial charge in [-0.05, 0) is 86.0 Å². The highest BCUT2D eigenvalue weighted by molar-refractivity contribution is 5.32. The highest BCUT2D eigenvalue weighted by Gasteiger charge is 2.46. The monoisotopic (exact) mass is 360 g/mol. The van der Waals surface area contributed by atoms with E-state index >= 15 is 0 Å². The van der Waals surface area contributed by atoms with Gasteiger partial charge >= 0.3 is 0 Å². The minimum absolute atomic E-state index is 0.189. The molecule has 3 aliphatic carbocycles. The van der Waals surface area contributed by atoms with Crippen LogP contribution in [-0.4, -0.2) is 6.61 Å². The molecule has 0 N–H and O–H groups in total. The second-order valence-electron chi connectivity index (χ2n) is 9.43. The Morgan fingerprint density at radius 3 is 2.12 bits per heavy atom. The zero-order valence-corrected chi connectivity index (χ0v) is 15.7. The van der Waals surface area contributed by atoms with Crippen LogP contribution < -0.4 is 0 Å². The lowest BCUT2D eigenvalue weighted by molar-refractivity contribution is 0.179. The Morgan fingerprint density at radius 1 is 0.769 bits per heavy atom. The summed E-state index contributed by atoms with van der Waals surface area (Å²) in [6, 6.07) is 3.57. The van der Waals surface area contributed by atoms with Crippen LogP contribution in [0, 0.1) is 41.2 Å². The third kappa shape index (κ3) is 2.82. The first-order valence-electron chi connectivity index (χ1n) is 10.7. The molecular formula is C23H30F2O. The summed E-state index contributed by atoms with van der Waals surface area (Å²) in [4.78, 5) is 0. The molecule has 1 aromatic rings. The fraction of sp³-hybridized carbons (Fsp3) is 0.739. The maximum Gasteiger partial charge on any atom is 0.165 e. The summed E-state index contributed by atoms with van der Waals surface area (Å²) in [6.07, 6.45) is 9.90. The molecule has 5 unspecified atom stereocenters. The van der Waals surface area contributed by atoms with Crippen molar-refractivity contribution in [2.24, 2.45) is 29.6 Å². The smallest absolute Gasteiger partial charge is 0.165 e. The van der Waals surface area contributed by atoms with Crippen LogP contribution in [0.25, 0.3) is 0 Å². The predicted octanol–water partition coefficient (Wildman–Crippen LogP) is 6.38. The van der Waals surface area contributed by atoms with Gasteiger partial charge in [0.1, 0.15) is 6.10 Å². The zero-order valence-electron chi connectivity index (χ0n) is 15.7. The van der Waals surface area contributed by atoms with E-state index in [2.05, 4.69) is 6.92 Å². The highest BCUT2D eigenvalue weighted by atomic mass is 19.2. The number of halogens is 2. The fourth-order valence-electron chi connectivity index (χ4n) is 6.75. The van der Waals surface area contributed by atoms with Gasteiger partial charge in [0.25, 0.3) is 0 Å². The van der Waals surface area contributed by atoms with Crippen molar-refractivity contribution in [3.05, 3.63) is 34.9 Å². The van der Waals surface area contributed by atoms with Gasteiger partial charge in [0.05, 0.1) is 6.61 Å². The van der Waals surface area contributed by atoms with Gasteiger partial charge in [-0.1, -0.05) is 25.5 Å². The van der Waals surface area contributed by atoms with Crippen LogP contribution in [0.1, 0.15) is 81.4 Å². The average Bonchev–Trinajstić information content (AvgIpc) is 3.30. The lowest BCUT2D eigenvalue weighted by Crippen LogP contribution is -2.25. The van der Waals surface area contributed by atoms with E-state index in [4.69, 9.17) is 4.74 Å². The molecule has 1 saturated heterocycles. The van der Waals surface area contributed by atoms with Crippen molar-refractivity contribution in [3.8, 4) is 0 Å². The standard InChI is InChI=1S/C23H30F2O/c1-13-2-7-19-16(13)8-9-17(19)14-3-5-15(6-4-14)18-10-11-20(21-12-26-21)23(25)22(18)24/h10-11,13-17,19,21H,2-9,12H2,1H3. The van der Waals surface area contributed by atoms with Crippen molar-refractivity contribution in [2.45, 2.75) is 70.3 Å². The molecule has 0 radical (unpaired) electrons. The van der Waals surface area contributed by atoms with Crippen molar-refractivity contribution >= 4 is 0 Å². The Balaban J connectivity index is 1.26. The number of benzene rings is 1. The molecule has 0 spiro atoms.